The van der Waals surface area contributed by atoms with Crippen LogP contribution in [0, 0.1) is 5.92 Å². The molecule has 2 aliphatic carbocycles. The van der Waals surface area contributed by atoms with E-state index in [1.54, 1.807) is 6.20 Å². The summed E-state index contributed by atoms with van der Waals surface area (Å²) in [5.74, 6) is 1.00. The second-order valence-corrected chi connectivity index (χ2v) is 6.01. The number of carbonyl (C=O) groups excluding carboxylic acids is 1. The average molecular weight is 298 g/mol. The second-order valence-electron chi connectivity index (χ2n) is 6.01. The topological polar surface area (TPSA) is 55.1 Å². The maximum Gasteiger partial charge on any atom is 0.239 e. The molecule has 0 atom stereocenters. The highest BCUT2D eigenvalue weighted by Gasteiger charge is 2.19. The van der Waals surface area contributed by atoms with Gasteiger partial charge in [0, 0.05) is 6.42 Å². The third-order valence-corrected chi connectivity index (χ3v) is 4.33. The van der Waals surface area contributed by atoms with E-state index < -0.39 is 0 Å². The molecule has 1 amide bonds. The molecule has 0 unspecified atom stereocenters. The summed E-state index contributed by atoms with van der Waals surface area (Å²) in [6.07, 6.45) is 19.4. The Hall–Kier alpha value is -2.10. The summed E-state index contributed by atoms with van der Waals surface area (Å²) in [6, 6.07) is 0. The molecule has 22 heavy (non-hydrogen) atoms. The lowest BCUT2D eigenvalue weighted by Crippen LogP contribution is -2.18. The maximum atomic E-state index is 12.2. The number of amides is 1. The number of carbonyl (C=O) groups is 1. The molecule has 1 saturated carbocycles. The van der Waals surface area contributed by atoms with Crippen molar-refractivity contribution in [2.24, 2.45) is 5.92 Å². The number of nitrogens with zero attached hydrogens (tertiary/aromatic N) is 1. The van der Waals surface area contributed by atoms with Gasteiger partial charge in [0.15, 0.2) is 0 Å². The molecule has 0 bridgehead atoms. The van der Waals surface area contributed by atoms with E-state index in [1.165, 1.54) is 19.3 Å². The molecular formula is C18H22N2O2. The number of hydrogen-bond donors (Lipinski definition) is 1. The first-order chi connectivity index (χ1) is 10.8. The molecule has 0 saturated heterocycles. The van der Waals surface area contributed by atoms with Crippen LogP contribution in [0.2, 0.25) is 0 Å². The quantitative estimate of drug-likeness (QED) is 0.891. The lowest BCUT2D eigenvalue weighted by Gasteiger charge is -2.20. The normalized spacial score (nSPS) is 18.8. The fraction of sp³-hybridized carbons (Fsp3) is 0.444. The predicted octanol–water partition coefficient (Wildman–Crippen LogP) is 4.48. The number of hydrogen-bond acceptors (Lipinski definition) is 3. The molecule has 4 nitrogen and oxygen atoms in total. The predicted molar refractivity (Wildman–Crippen MR) is 87.2 cm³/mol. The van der Waals surface area contributed by atoms with Gasteiger partial charge in [0.25, 0.3) is 0 Å². The molecule has 1 heterocycles. The van der Waals surface area contributed by atoms with Crippen LogP contribution in [0.5, 0.6) is 0 Å². The van der Waals surface area contributed by atoms with Gasteiger partial charge in [-0.15, -0.1) is 0 Å². The average Bonchev–Trinajstić information content (AvgIpc) is 2.82. The van der Waals surface area contributed by atoms with Crippen molar-refractivity contribution in [3.63, 3.8) is 0 Å². The Morgan fingerprint density at radius 2 is 2.14 bits per heavy atom. The lowest BCUT2D eigenvalue weighted by molar-refractivity contribution is -0.117. The fourth-order valence-corrected chi connectivity index (χ4v) is 3.15. The van der Waals surface area contributed by atoms with Gasteiger partial charge in [-0.2, -0.15) is 0 Å². The largest absolute Gasteiger partial charge is 0.338 e. The van der Waals surface area contributed by atoms with Crippen LogP contribution in [0.3, 0.4) is 0 Å². The lowest BCUT2D eigenvalue weighted by atomic mass is 9.87. The first-order valence-corrected chi connectivity index (χ1v) is 8.11. The zero-order valence-electron chi connectivity index (χ0n) is 12.8. The van der Waals surface area contributed by atoms with E-state index in [4.69, 9.17) is 4.52 Å². The van der Waals surface area contributed by atoms with Gasteiger partial charge in [-0.05, 0) is 30.8 Å². The number of nitrogens with one attached hydrogen (secondary N) is 1. The molecular weight excluding hydrogens is 276 g/mol. The van der Waals surface area contributed by atoms with Gasteiger partial charge in [-0.25, -0.2) is 0 Å². The minimum absolute atomic E-state index is 0.0289. The molecule has 1 aromatic heterocycles. The van der Waals surface area contributed by atoms with E-state index in [0.29, 0.717) is 18.2 Å². The maximum absolute atomic E-state index is 12.2. The second kappa shape index (κ2) is 7.25. The van der Waals surface area contributed by atoms with E-state index in [-0.39, 0.29) is 5.91 Å². The number of anilines is 1. The number of rotatable bonds is 4. The van der Waals surface area contributed by atoms with Gasteiger partial charge in [0.05, 0.1) is 11.8 Å². The molecule has 116 valence electrons. The highest BCUT2D eigenvalue weighted by molar-refractivity contribution is 5.93. The molecule has 1 aromatic rings. The van der Waals surface area contributed by atoms with Crippen LogP contribution in [0.15, 0.2) is 41.1 Å². The Kier molecular flexibility index (Phi) is 4.88. The summed E-state index contributed by atoms with van der Waals surface area (Å²) in [7, 11) is 0. The van der Waals surface area contributed by atoms with Crippen molar-refractivity contribution in [1.82, 2.24) is 5.16 Å². The molecule has 0 radical (unpaired) electrons. The Balaban J connectivity index is 1.64. The smallest absolute Gasteiger partial charge is 0.239 e. The van der Waals surface area contributed by atoms with Gasteiger partial charge >= 0.3 is 0 Å². The van der Waals surface area contributed by atoms with Gasteiger partial charge in [-0.1, -0.05) is 54.8 Å². The third-order valence-electron chi connectivity index (χ3n) is 4.33. The minimum atomic E-state index is 0.0289. The highest BCUT2D eigenvalue weighted by Crippen LogP contribution is 2.29. The monoisotopic (exact) mass is 298 g/mol. The van der Waals surface area contributed by atoms with Crippen LogP contribution in [0.25, 0.3) is 5.57 Å². The molecule has 4 heteroatoms. The van der Waals surface area contributed by atoms with E-state index >= 15 is 0 Å². The summed E-state index contributed by atoms with van der Waals surface area (Å²) >= 11 is 0. The fourth-order valence-electron chi connectivity index (χ4n) is 3.15. The third kappa shape index (κ3) is 3.75. The van der Waals surface area contributed by atoms with Crippen LogP contribution < -0.4 is 5.32 Å². The summed E-state index contributed by atoms with van der Waals surface area (Å²) < 4.78 is 5.24. The van der Waals surface area contributed by atoms with E-state index in [9.17, 15) is 4.79 Å². The molecule has 1 fully saturated rings. The standard InChI is InChI=1S/C18H22N2O2/c21-17(12-14-8-4-3-5-9-14)20-18-16(13-19-22-18)15-10-6-1-2-7-11-15/h1-2,6,10-11,13-14H,3-5,7-9,12H2,(H,20,21). The SMILES string of the molecule is O=C(CC1CCCCC1)Nc1oncc1C1=CCC=CC=C1. The molecule has 1 N–H and O–H groups in total. The zero-order valence-corrected chi connectivity index (χ0v) is 12.8. The number of allylic oxidation sites excluding steroid dienone is 6. The first kappa shape index (κ1) is 14.8. The van der Waals surface area contributed by atoms with Gasteiger partial charge < -0.3 is 4.52 Å². The van der Waals surface area contributed by atoms with Crippen molar-refractivity contribution in [2.45, 2.75) is 44.9 Å². The Bertz CT molecular complexity index is 604. The Labute approximate surface area is 131 Å². The highest BCUT2D eigenvalue weighted by atomic mass is 16.5. The van der Waals surface area contributed by atoms with Crippen molar-refractivity contribution in [1.29, 1.82) is 0 Å². The molecule has 0 spiro atoms. The van der Waals surface area contributed by atoms with Crippen molar-refractivity contribution < 1.29 is 9.32 Å². The summed E-state index contributed by atoms with van der Waals surface area (Å²) in [4.78, 5) is 12.2. The Morgan fingerprint density at radius 1 is 1.27 bits per heavy atom. The van der Waals surface area contributed by atoms with Crippen molar-refractivity contribution in [3.05, 3.63) is 42.1 Å². The minimum Gasteiger partial charge on any atom is -0.338 e. The zero-order chi connectivity index (χ0) is 15.2. The Morgan fingerprint density at radius 3 is 3.00 bits per heavy atom. The van der Waals surface area contributed by atoms with E-state index in [2.05, 4.69) is 22.6 Å². The van der Waals surface area contributed by atoms with Gasteiger partial charge in [0.2, 0.25) is 11.8 Å². The van der Waals surface area contributed by atoms with Crippen molar-refractivity contribution in [3.8, 4) is 0 Å². The van der Waals surface area contributed by atoms with Crippen molar-refractivity contribution >= 4 is 17.4 Å². The molecule has 3 rings (SSSR count). The van der Waals surface area contributed by atoms with E-state index in [1.807, 2.05) is 18.2 Å². The summed E-state index contributed by atoms with van der Waals surface area (Å²) in [5.41, 5.74) is 1.87. The van der Waals surface area contributed by atoms with Crippen LogP contribution in [-0.4, -0.2) is 11.1 Å². The first-order valence-electron chi connectivity index (χ1n) is 8.11. The molecule has 0 aliphatic heterocycles. The van der Waals surface area contributed by atoms with Crippen LogP contribution >= 0.6 is 0 Å². The van der Waals surface area contributed by atoms with Crippen molar-refractivity contribution in [2.75, 3.05) is 5.32 Å². The summed E-state index contributed by atoms with van der Waals surface area (Å²) in [6.45, 7) is 0. The van der Waals surface area contributed by atoms with E-state index in [0.717, 1.165) is 30.4 Å². The molecule has 2 aliphatic rings. The summed E-state index contributed by atoms with van der Waals surface area (Å²) in [5, 5.41) is 6.74. The van der Waals surface area contributed by atoms with Gasteiger partial charge in [0.1, 0.15) is 0 Å². The molecule has 0 aromatic carbocycles. The van der Waals surface area contributed by atoms with Crippen LogP contribution in [0.1, 0.15) is 50.5 Å². The van der Waals surface area contributed by atoms with Crippen LogP contribution in [-0.2, 0) is 4.79 Å². The van der Waals surface area contributed by atoms with Gasteiger partial charge in [-0.3, -0.25) is 10.1 Å². The number of aromatic nitrogens is 1. The van der Waals surface area contributed by atoms with Crippen LogP contribution in [0.4, 0.5) is 5.88 Å².